The third-order valence-electron chi connectivity index (χ3n) is 5.80. The van der Waals surface area contributed by atoms with Gasteiger partial charge in [0, 0.05) is 18.2 Å². The Balaban J connectivity index is 1.70. The summed E-state index contributed by atoms with van der Waals surface area (Å²) in [6.07, 6.45) is 13.4. The number of carbonyl (C=O) groups excluding carboxylic acids is 2. The van der Waals surface area contributed by atoms with Crippen LogP contribution in [-0.4, -0.2) is 42.1 Å². The maximum atomic E-state index is 13.4. The molecular weight excluding hydrogens is 380 g/mol. The Morgan fingerprint density at radius 3 is 2.63 bits per heavy atom. The molecule has 6 nitrogen and oxygen atoms in total. The van der Waals surface area contributed by atoms with Crippen molar-refractivity contribution in [2.45, 2.75) is 50.3 Å². The molecule has 1 aliphatic heterocycles. The minimum atomic E-state index is -0.846. The lowest BCUT2D eigenvalue weighted by Gasteiger charge is -2.36. The predicted molar refractivity (Wildman–Crippen MR) is 112 cm³/mol. The van der Waals surface area contributed by atoms with Crippen molar-refractivity contribution in [3.8, 4) is 12.3 Å². The second-order valence-electron chi connectivity index (χ2n) is 7.76. The maximum absolute atomic E-state index is 13.4. The van der Waals surface area contributed by atoms with Crippen LogP contribution in [0.3, 0.4) is 0 Å². The average Bonchev–Trinajstić information content (AvgIpc) is 3.30. The second kappa shape index (κ2) is 9.19. The van der Waals surface area contributed by atoms with Crippen molar-refractivity contribution in [2.24, 2.45) is 0 Å². The van der Waals surface area contributed by atoms with Crippen LogP contribution >= 0.6 is 0 Å². The number of nitrogens with zero attached hydrogens (tertiary/aromatic N) is 1. The first-order valence-electron chi connectivity index (χ1n) is 10.5. The molecule has 1 heterocycles. The van der Waals surface area contributed by atoms with E-state index in [1.54, 1.807) is 12.2 Å². The van der Waals surface area contributed by atoms with Crippen LogP contribution in [0.4, 0.5) is 0 Å². The molecule has 1 aromatic rings. The van der Waals surface area contributed by atoms with Gasteiger partial charge in [0.05, 0.1) is 6.61 Å². The molecule has 4 rings (SSSR count). The molecular formula is C24H26N2O4. The summed E-state index contributed by atoms with van der Waals surface area (Å²) in [5, 5.41) is 3.13. The minimum absolute atomic E-state index is 0.133. The molecule has 1 saturated carbocycles. The van der Waals surface area contributed by atoms with Gasteiger partial charge < -0.3 is 14.8 Å². The first-order valence-corrected chi connectivity index (χ1v) is 10.5. The summed E-state index contributed by atoms with van der Waals surface area (Å²) in [6.45, 7) is 0.998. The summed E-state index contributed by atoms with van der Waals surface area (Å²) in [5.41, 5.74) is 1.36. The SMILES string of the molecule is C#CC(=O)N(C1=CC=C2OCCOC2C1)C(C(=O)NC1CCCC1)c1ccccc1. The monoisotopic (exact) mass is 406 g/mol. The molecule has 0 spiro atoms. The van der Waals surface area contributed by atoms with E-state index in [1.807, 2.05) is 30.3 Å². The topological polar surface area (TPSA) is 67.9 Å². The standard InChI is InChI=1S/C24H26N2O4/c1-2-22(27)26(19-12-13-20-21(16-19)30-15-14-29-20)23(17-8-4-3-5-9-17)24(28)25-18-10-6-7-11-18/h1,3-5,8-9,12-13,18,21,23H,6-7,10-11,14-16H2,(H,25,28). The van der Waals surface area contributed by atoms with E-state index in [1.165, 1.54) is 4.90 Å². The Kier molecular flexibility index (Phi) is 6.20. The van der Waals surface area contributed by atoms with Gasteiger partial charge in [-0.05, 0) is 36.5 Å². The van der Waals surface area contributed by atoms with Crippen LogP contribution in [0.15, 0.2) is 53.9 Å². The zero-order valence-electron chi connectivity index (χ0n) is 16.9. The lowest BCUT2D eigenvalue weighted by Crippen LogP contribution is -2.46. The number of nitrogens with one attached hydrogen (secondary N) is 1. The number of amides is 2. The van der Waals surface area contributed by atoms with Gasteiger partial charge in [0.25, 0.3) is 0 Å². The molecule has 30 heavy (non-hydrogen) atoms. The highest BCUT2D eigenvalue weighted by molar-refractivity contribution is 5.98. The quantitative estimate of drug-likeness (QED) is 0.764. The predicted octanol–water partition coefficient (Wildman–Crippen LogP) is 2.84. The normalized spacial score (nSPS) is 21.9. The Morgan fingerprint density at radius 1 is 1.13 bits per heavy atom. The number of allylic oxidation sites excluding steroid dienone is 2. The average molecular weight is 406 g/mol. The number of hydrogen-bond acceptors (Lipinski definition) is 4. The van der Waals surface area contributed by atoms with Gasteiger partial charge >= 0.3 is 5.91 Å². The van der Waals surface area contributed by atoms with Crippen LogP contribution in [-0.2, 0) is 19.1 Å². The van der Waals surface area contributed by atoms with Crippen molar-refractivity contribution >= 4 is 11.8 Å². The zero-order valence-corrected chi connectivity index (χ0v) is 16.9. The third kappa shape index (κ3) is 4.27. The summed E-state index contributed by atoms with van der Waals surface area (Å²) in [6, 6.07) is 8.57. The first kappa shape index (κ1) is 20.2. The molecule has 2 aliphatic carbocycles. The fourth-order valence-corrected chi connectivity index (χ4v) is 4.34. The highest BCUT2D eigenvalue weighted by atomic mass is 16.6. The van der Waals surface area contributed by atoms with Gasteiger partial charge in [-0.2, -0.15) is 0 Å². The minimum Gasteiger partial charge on any atom is -0.493 e. The number of rotatable bonds is 5. The van der Waals surface area contributed by atoms with E-state index >= 15 is 0 Å². The lowest BCUT2D eigenvalue weighted by atomic mass is 9.98. The number of terminal acetylenes is 1. The molecule has 1 N–H and O–H groups in total. The molecule has 0 radical (unpaired) electrons. The number of fused-ring (bicyclic) bond motifs is 1. The van der Waals surface area contributed by atoms with E-state index in [-0.39, 0.29) is 18.1 Å². The van der Waals surface area contributed by atoms with Crippen LogP contribution in [0.25, 0.3) is 0 Å². The molecule has 2 amide bonds. The van der Waals surface area contributed by atoms with E-state index in [2.05, 4.69) is 11.2 Å². The zero-order chi connectivity index (χ0) is 20.9. The molecule has 6 heteroatoms. The van der Waals surface area contributed by atoms with Crippen molar-refractivity contribution in [3.63, 3.8) is 0 Å². The molecule has 0 aromatic heterocycles. The number of ether oxygens (including phenoxy) is 2. The fourth-order valence-electron chi connectivity index (χ4n) is 4.34. The summed E-state index contributed by atoms with van der Waals surface area (Å²) in [7, 11) is 0. The van der Waals surface area contributed by atoms with Crippen molar-refractivity contribution < 1.29 is 19.1 Å². The number of hydrogen-bond donors (Lipinski definition) is 1. The van der Waals surface area contributed by atoms with Gasteiger partial charge in [-0.15, -0.1) is 6.42 Å². The molecule has 1 aromatic carbocycles. The maximum Gasteiger partial charge on any atom is 0.303 e. The molecule has 2 atom stereocenters. The van der Waals surface area contributed by atoms with Gasteiger partial charge in [0.2, 0.25) is 5.91 Å². The highest BCUT2D eigenvalue weighted by Crippen LogP contribution is 2.33. The molecule has 0 bridgehead atoms. The first-order chi connectivity index (χ1) is 14.7. The van der Waals surface area contributed by atoms with Gasteiger partial charge in [0.1, 0.15) is 24.5 Å². The van der Waals surface area contributed by atoms with E-state index in [0.29, 0.717) is 30.9 Å². The summed E-state index contributed by atoms with van der Waals surface area (Å²) < 4.78 is 11.5. The Bertz CT molecular complexity index is 894. The summed E-state index contributed by atoms with van der Waals surface area (Å²) >= 11 is 0. The second-order valence-corrected chi connectivity index (χ2v) is 7.76. The van der Waals surface area contributed by atoms with Gasteiger partial charge in [-0.3, -0.25) is 14.5 Å². The fraction of sp³-hybridized carbons (Fsp3) is 0.417. The summed E-state index contributed by atoms with van der Waals surface area (Å²) in [5.74, 6) is 2.18. The van der Waals surface area contributed by atoms with Crippen molar-refractivity contribution in [1.29, 1.82) is 0 Å². The Hall–Kier alpha value is -3.04. The Morgan fingerprint density at radius 2 is 1.90 bits per heavy atom. The van der Waals surface area contributed by atoms with Crippen molar-refractivity contribution in [3.05, 3.63) is 59.5 Å². The van der Waals surface area contributed by atoms with Crippen molar-refractivity contribution in [2.75, 3.05) is 13.2 Å². The van der Waals surface area contributed by atoms with Crippen LogP contribution in [0, 0.1) is 12.3 Å². The van der Waals surface area contributed by atoms with Crippen LogP contribution < -0.4 is 5.32 Å². The molecule has 156 valence electrons. The van der Waals surface area contributed by atoms with Gasteiger partial charge in [-0.1, -0.05) is 43.2 Å². The number of carbonyl (C=O) groups is 2. The van der Waals surface area contributed by atoms with E-state index in [9.17, 15) is 9.59 Å². The number of benzene rings is 1. The van der Waals surface area contributed by atoms with E-state index in [4.69, 9.17) is 15.9 Å². The molecule has 2 fully saturated rings. The smallest absolute Gasteiger partial charge is 0.303 e. The lowest BCUT2D eigenvalue weighted by molar-refractivity contribution is -0.136. The molecule has 3 aliphatic rings. The Labute approximate surface area is 176 Å². The van der Waals surface area contributed by atoms with Crippen LogP contribution in [0.1, 0.15) is 43.7 Å². The van der Waals surface area contributed by atoms with E-state index < -0.39 is 11.9 Å². The van der Waals surface area contributed by atoms with Crippen molar-refractivity contribution in [1.82, 2.24) is 10.2 Å². The third-order valence-corrected chi connectivity index (χ3v) is 5.80. The van der Waals surface area contributed by atoms with E-state index in [0.717, 1.165) is 31.4 Å². The van der Waals surface area contributed by atoms with Crippen LogP contribution in [0.5, 0.6) is 0 Å². The summed E-state index contributed by atoms with van der Waals surface area (Å²) in [4.78, 5) is 27.8. The van der Waals surface area contributed by atoms with Gasteiger partial charge in [-0.25, -0.2) is 0 Å². The van der Waals surface area contributed by atoms with Gasteiger partial charge in [0.15, 0.2) is 0 Å². The highest BCUT2D eigenvalue weighted by Gasteiger charge is 2.37. The largest absolute Gasteiger partial charge is 0.493 e. The van der Waals surface area contributed by atoms with Crippen LogP contribution in [0.2, 0.25) is 0 Å². The molecule has 2 unspecified atom stereocenters. The molecule has 1 saturated heterocycles.